The van der Waals surface area contributed by atoms with Crippen molar-refractivity contribution in [3.63, 3.8) is 0 Å². The molecule has 0 aliphatic rings. The second-order valence-corrected chi connectivity index (χ2v) is 4.97. The van der Waals surface area contributed by atoms with Gasteiger partial charge in [-0.05, 0) is 23.6 Å². The van der Waals surface area contributed by atoms with E-state index in [0.717, 1.165) is 27.4 Å². The van der Waals surface area contributed by atoms with Crippen LogP contribution in [0.4, 0.5) is 0 Å². The lowest BCUT2D eigenvalue weighted by Gasteiger charge is -2.08. The third-order valence-corrected chi connectivity index (χ3v) is 3.89. The first-order chi connectivity index (χ1) is 8.79. The third-order valence-electron chi connectivity index (χ3n) is 2.91. The summed E-state index contributed by atoms with van der Waals surface area (Å²) < 4.78 is 11.1. The van der Waals surface area contributed by atoms with Crippen molar-refractivity contribution in [2.45, 2.75) is 6.04 Å². The topological polar surface area (TPSA) is 48.4 Å². The van der Waals surface area contributed by atoms with Crippen molar-refractivity contribution < 1.29 is 9.15 Å². The van der Waals surface area contributed by atoms with Crippen LogP contribution in [0.1, 0.15) is 16.7 Å². The van der Waals surface area contributed by atoms with E-state index >= 15 is 0 Å². The predicted octanol–water partition coefficient (Wildman–Crippen LogP) is 3.55. The molecular weight excluding hydrogens is 246 g/mol. The molecule has 0 radical (unpaired) electrons. The molecule has 0 saturated carbocycles. The summed E-state index contributed by atoms with van der Waals surface area (Å²) >= 11 is 1.58. The zero-order chi connectivity index (χ0) is 12.5. The Morgan fingerprint density at radius 1 is 1.28 bits per heavy atom. The van der Waals surface area contributed by atoms with Gasteiger partial charge in [0.15, 0.2) is 0 Å². The Labute approximate surface area is 109 Å². The molecule has 3 nitrogen and oxygen atoms in total. The monoisotopic (exact) mass is 259 g/mol. The van der Waals surface area contributed by atoms with Gasteiger partial charge in [0.2, 0.25) is 0 Å². The summed E-state index contributed by atoms with van der Waals surface area (Å²) in [5.74, 6) is 1.57. The first-order valence-corrected chi connectivity index (χ1v) is 6.53. The summed E-state index contributed by atoms with van der Waals surface area (Å²) in [6, 6.07) is 11.5. The fraction of sp³-hybridized carbons (Fsp3) is 0.143. The van der Waals surface area contributed by atoms with Crippen molar-refractivity contribution in [2.75, 3.05) is 7.11 Å². The van der Waals surface area contributed by atoms with Crippen LogP contribution in [0.2, 0.25) is 0 Å². The van der Waals surface area contributed by atoms with Crippen LogP contribution >= 0.6 is 11.3 Å². The van der Waals surface area contributed by atoms with Gasteiger partial charge in [0.1, 0.15) is 23.1 Å². The number of fused-ring (bicyclic) bond motifs is 1. The molecule has 0 saturated heterocycles. The van der Waals surface area contributed by atoms with Crippen molar-refractivity contribution in [1.29, 1.82) is 0 Å². The second kappa shape index (κ2) is 4.48. The summed E-state index contributed by atoms with van der Waals surface area (Å²) in [4.78, 5) is 0.983. The lowest BCUT2D eigenvalue weighted by atomic mass is 10.1. The Balaban J connectivity index is 2.03. The van der Waals surface area contributed by atoms with Gasteiger partial charge in [-0.1, -0.05) is 18.2 Å². The molecule has 0 amide bonds. The molecule has 2 aromatic heterocycles. The van der Waals surface area contributed by atoms with Gasteiger partial charge in [0.25, 0.3) is 0 Å². The van der Waals surface area contributed by atoms with E-state index in [9.17, 15) is 0 Å². The highest BCUT2D eigenvalue weighted by Crippen LogP contribution is 2.35. The highest BCUT2D eigenvalue weighted by atomic mass is 32.1. The lowest BCUT2D eigenvalue weighted by Crippen LogP contribution is -2.10. The number of rotatable bonds is 3. The van der Waals surface area contributed by atoms with Crippen LogP contribution in [-0.2, 0) is 0 Å². The Bertz CT molecular complexity index is 638. The first kappa shape index (κ1) is 11.3. The summed E-state index contributed by atoms with van der Waals surface area (Å²) in [6.45, 7) is 0. The van der Waals surface area contributed by atoms with E-state index in [4.69, 9.17) is 14.9 Å². The molecule has 2 heterocycles. The summed E-state index contributed by atoms with van der Waals surface area (Å²) in [6.07, 6.45) is 0. The second-order valence-electron chi connectivity index (χ2n) is 4.02. The molecule has 0 bridgehead atoms. The molecular formula is C14H13NO2S. The number of thiophene rings is 1. The maximum atomic E-state index is 6.24. The fourth-order valence-corrected chi connectivity index (χ4v) is 2.86. The lowest BCUT2D eigenvalue weighted by molar-refractivity contribution is 0.408. The Kier molecular flexibility index (Phi) is 2.81. The van der Waals surface area contributed by atoms with Crippen molar-refractivity contribution >= 4 is 22.3 Å². The van der Waals surface area contributed by atoms with Crippen LogP contribution in [0.3, 0.4) is 0 Å². The number of hydrogen-bond acceptors (Lipinski definition) is 4. The highest BCUT2D eigenvalue weighted by Gasteiger charge is 2.19. The molecule has 1 aromatic carbocycles. The minimum absolute atomic E-state index is 0.285. The quantitative estimate of drug-likeness (QED) is 0.782. The van der Waals surface area contributed by atoms with E-state index in [1.807, 2.05) is 41.8 Å². The molecule has 1 atom stereocenters. The molecule has 4 heteroatoms. The van der Waals surface area contributed by atoms with Crippen LogP contribution in [-0.4, -0.2) is 7.11 Å². The third kappa shape index (κ3) is 1.79. The molecule has 3 rings (SSSR count). The van der Waals surface area contributed by atoms with Crippen LogP contribution in [0.5, 0.6) is 5.75 Å². The van der Waals surface area contributed by atoms with Gasteiger partial charge >= 0.3 is 0 Å². The van der Waals surface area contributed by atoms with Crippen LogP contribution in [0, 0.1) is 0 Å². The SMILES string of the molecule is COc1ccsc1C(N)c1cc2ccccc2o1. The minimum atomic E-state index is -0.285. The van der Waals surface area contributed by atoms with Gasteiger partial charge in [-0.2, -0.15) is 0 Å². The number of hydrogen-bond donors (Lipinski definition) is 1. The van der Waals surface area contributed by atoms with Crippen LogP contribution in [0.25, 0.3) is 11.0 Å². The predicted molar refractivity (Wildman–Crippen MR) is 73.1 cm³/mol. The van der Waals surface area contributed by atoms with Crippen LogP contribution in [0.15, 0.2) is 46.2 Å². The minimum Gasteiger partial charge on any atom is -0.496 e. The standard InChI is InChI=1S/C14H13NO2S/c1-16-11-6-7-18-14(11)13(15)12-8-9-4-2-3-5-10(9)17-12/h2-8,13H,15H2,1H3. The van der Waals surface area contributed by atoms with Gasteiger partial charge in [0, 0.05) is 5.39 Å². The molecule has 3 aromatic rings. The van der Waals surface area contributed by atoms with Crippen molar-refractivity contribution in [2.24, 2.45) is 5.73 Å². The van der Waals surface area contributed by atoms with E-state index in [1.165, 1.54) is 0 Å². The number of benzene rings is 1. The molecule has 18 heavy (non-hydrogen) atoms. The van der Waals surface area contributed by atoms with E-state index in [1.54, 1.807) is 18.4 Å². The van der Waals surface area contributed by atoms with Crippen molar-refractivity contribution in [3.05, 3.63) is 52.4 Å². The fourth-order valence-electron chi connectivity index (χ4n) is 1.99. The number of furan rings is 1. The zero-order valence-corrected chi connectivity index (χ0v) is 10.7. The van der Waals surface area contributed by atoms with Gasteiger partial charge in [0.05, 0.1) is 12.0 Å². The molecule has 1 unspecified atom stereocenters. The van der Waals surface area contributed by atoms with E-state index in [2.05, 4.69) is 0 Å². The Morgan fingerprint density at radius 2 is 2.11 bits per heavy atom. The highest BCUT2D eigenvalue weighted by molar-refractivity contribution is 7.10. The number of methoxy groups -OCH3 is 1. The van der Waals surface area contributed by atoms with Gasteiger partial charge < -0.3 is 14.9 Å². The van der Waals surface area contributed by atoms with Crippen LogP contribution < -0.4 is 10.5 Å². The first-order valence-electron chi connectivity index (χ1n) is 5.65. The van der Waals surface area contributed by atoms with E-state index in [-0.39, 0.29) is 6.04 Å². The van der Waals surface area contributed by atoms with Crippen molar-refractivity contribution in [3.8, 4) is 5.75 Å². The average Bonchev–Trinajstić information content (AvgIpc) is 3.03. The number of nitrogens with two attached hydrogens (primary N) is 1. The molecule has 2 N–H and O–H groups in total. The normalized spacial score (nSPS) is 12.8. The molecule has 0 fully saturated rings. The largest absolute Gasteiger partial charge is 0.496 e. The van der Waals surface area contributed by atoms with Crippen molar-refractivity contribution in [1.82, 2.24) is 0 Å². The van der Waals surface area contributed by atoms with E-state index < -0.39 is 0 Å². The maximum Gasteiger partial charge on any atom is 0.134 e. The smallest absolute Gasteiger partial charge is 0.134 e. The molecule has 0 aliphatic carbocycles. The van der Waals surface area contributed by atoms with Gasteiger partial charge in [-0.3, -0.25) is 0 Å². The maximum absolute atomic E-state index is 6.24. The zero-order valence-electron chi connectivity index (χ0n) is 9.92. The van der Waals surface area contributed by atoms with Gasteiger partial charge in [-0.15, -0.1) is 11.3 Å². The molecule has 0 aliphatic heterocycles. The van der Waals surface area contributed by atoms with Gasteiger partial charge in [-0.25, -0.2) is 0 Å². The number of para-hydroxylation sites is 1. The molecule has 92 valence electrons. The average molecular weight is 259 g/mol. The molecule has 0 spiro atoms. The van der Waals surface area contributed by atoms with E-state index in [0.29, 0.717) is 0 Å². The summed E-state index contributed by atoms with van der Waals surface area (Å²) in [7, 11) is 1.65. The number of ether oxygens (including phenoxy) is 1. The summed E-state index contributed by atoms with van der Waals surface area (Å²) in [5, 5.41) is 3.04. The Morgan fingerprint density at radius 3 is 2.89 bits per heavy atom. The summed E-state index contributed by atoms with van der Waals surface area (Å²) in [5.41, 5.74) is 7.10. The Hall–Kier alpha value is -1.78.